The molecule has 0 aliphatic heterocycles. The van der Waals surface area contributed by atoms with Crippen molar-refractivity contribution in [2.24, 2.45) is 5.10 Å². The summed E-state index contributed by atoms with van der Waals surface area (Å²) >= 11 is 12.1. The van der Waals surface area contributed by atoms with Gasteiger partial charge in [0.15, 0.2) is 0 Å². The van der Waals surface area contributed by atoms with E-state index in [1.165, 1.54) is 18.3 Å². The number of carbonyl (C=O) groups is 1. The number of para-hydroxylation sites is 2. The summed E-state index contributed by atoms with van der Waals surface area (Å²) in [6.07, 6.45) is 1.28. The molecule has 0 spiro atoms. The van der Waals surface area contributed by atoms with Gasteiger partial charge in [-0.1, -0.05) is 59.6 Å². The zero-order valence-electron chi connectivity index (χ0n) is 16.1. The number of benzene rings is 3. The van der Waals surface area contributed by atoms with E-state index in [0.717, 1.165) is 5.56 Å². The number of rotatable bonds is 8. The average molecular weight is 458 g/mol. The normalized spacial score (nSPS) is 10.8. The molecule has 3 aromatic rings. The summed E-state index contributed by atoms with van der Waals surface area (Å²) in [5.41, 5.74) is 3.99. The highest BCUT2D eigenvalue weighted by Crippen LogP contribution is 2.24. The van der Waals surface area contributed by atoms with E-state index in [4.69, 9.17) is 27.9 Å². The first-order valence-corrected chi connectivity index (χ1v) is 9.89. The van der Waals surface area contributed by atoms with Gasteiger partial charge in [-0.15, -0.1) is 0 Å². The van der Waals surface area contributed by atoms with E-state index in [1.807, 2.05) is 6.07 Å². The van der Waals surface area contributed by atoms with Crippen molar-refractivity contribution in [3.63, 3.8) is 0 Å². The Morgan fingerprint density at radius 1 is 1.06 bits per heavy atom. The van der Waals surface area contributed by atoms with Crippen LogP contribution in [0.4, 0.5) is 5.69 Å². The molecule has 1 amide bonds. The fourth-order valence-corrected chi connectivity index (χ4v) is 3.20. The zero-order chi connectivity index (χ0) is 22.2. The fraction of sp³-hybridized carbons (Fsp3) is 0.0909. The first-order chi connectivity index (χ1) is 14.9. The summed E-state index contributed by atoms with van der Waals surface area (Å²) < 4.78 is 5.83. The van der Waals surface area contributed by atoms with Gasteiger partial charge in [-0.2, -0.15) is 5.10 Å². The number of hydrogen-bond donors (Lipinski definition) is 1. The number of halogens is 2. The van der Waals surface area contributed by atoms with Crippen LogP contribution < -0.4 is 10.2 Å². The highest BCUT2D eigenvalue weighted by Gasteiger charge is 2.15. The number of ether oxygens (including phenoxy) is 1. The van der Waals surface area contributed by atoms with Crippen LogP contribution in [-0.2, 0) is 17.8 Å². The molecule has 0 aliphatic rings. The smallest absolute Gasteiger partial charge is 0.273 e. The minimum atomic E-state index is -0.521. The summed E-state index contributed by atoms with van der Waals surface area (Å²) in [6.45, 7) is 0.227. The molecule has 0 bridgehead atoms. The number of nitrogens with zero attached hydrogens (tertiary/aromatic N) is 2. The van der Waals surface area contributed by atoms with Crippen LogP contribution in [-0.4, -0.2) is 17.0 Å². The molecule has 0 atom stereocenters. The van der Waals surface area contributed by atoms with E-state index in [1.54, 1.807) is 48.5 Å². The molecule has 0 aliphatic carbocycles. The van der Waals surface area contributed by atoms with E-state index >= 15 is 0 Å². The lowest BCUT2D eigenvalue weighted by Crippen LogP contribution is -2.20. The highest BCUT2D eigenvalue weighted by atomic mass is 35.5. The maximum absolute atomic E-state index is 12.1. The third kappa shape index (κ3) is 6.28. The second-order valence-electron chi connectivity index (χ2n) is 6.42. The molecule has 3 rings (SSSR count). The van der Waals surface area contributed by atoms with Gasteiger partial charge in [0.2, 0.25) is 5.91 Å². The number of nitro benzene ring substituents is 1. The van der Waals surface area contributed by atoms with Gasteiger partial charge in [0.05, 0.1) is 17.6 Å². The number of hydrogen-bond acceptors (Lipinski definition) is 5. The van der Waals surface area contributed by atoms with Crippen LogP contribution in [0, 0.1) is 10.1 Å². The van der Waals surface area contributed by atoms with Gasteiger partial charge < -0.3 is 4.74 Å². The molecule has 3 aromatic carbocycles. The lowest BCUT2D eigenvalue weighted by atomic mass is 10.1. The Kier molecular flexibility index (Phi) is 7.59. The van der Waals surface area contributed by atoms with Gasteiger partial charge in [0.1, 0.15) is 12.4 Å². The van der Waals surface area contributed by atoms with Gasteiger partial charge in [0, 0.05) is 32.8 Å². The Morgan fingerprint density at radius 3 is 2.58 bits per heavy atom. The molecule has 0 fully saturated rings. The predicted molar refractivity (Wildman–Crippen MR) is 120 cm³/mol. The van der Waals surface area contributed by atoms with Gasteiger partial charge >= 0.3 is 0 Å². The van der Waals surface area contributed by atoms with Crippen molar-refractivity contribution >= 4 is 41.0 Å². The molecule has 0 heterocycles. The van der Waals surface area contributed by atoms with Crippen molar-refractivity contribution in [1.29, 1.82) is 0 Å². The topological polar surface area (TPSA) is 93.8 Å². The van der Waals surface area contributed by atoms with E-state index in [9.17, 15) is 14.9 Å². The van der Waals surface area contributed by atoms with Gasteiger partial charge in [0.25, 0.3) is 5.69 Å². The standard InChI is InChI=1S/C22H17Cl2N3O4/c23-18-10-9-17(19(24)12-18)14-31-21-8-4-2-6-16(21)13-25-26-22(28)11-15-5-1-3-7-20(15)27(29)30/h1-10,12-13H,11,14H2,(H,26,28)/b25-13+. The number of nitro groups is 1. The Morgan fingerprint density at radius 2 is 1.81 bits per heavy atom. The first kappa shape index (κ1) is 22.3. The van der Waals surface area contributed by atoms with E-state index in [0.29, 0.717) is 26.9 Å². The maximum atomic E-state index is 12.1. The van der Waals surface area contributed by atoms with E-state index in [-0.39, 0.29) is 18.7 Å². The largest absolute Gasteiger partial charge is 0.488 e. The van der Waals surface area contributed by atoms with Crippen LogP contribution in [0.1, 0.15) is 16.7 Å². The van der Waals surface area contributed by atoms with Crippen LogP contribution in [0.5, 0.6) is 5.75 Å². The van der Waals surface area contributed by atoms with Crippen molar-refractivity contribution in [1.82, 2.24) is 5.43 Å². The monoisotopic (exact) mass is 457 g/mol. The Balaban J connectivity index is 1.62. The number of hydrazone groups is 1. The maximum Gasteiger partial charge on any atom is 0.273 e. The van der Waals surface area contributed by atoms with Crippen LogP contribution in [0.15, 0.2) is 71.8 Å². The first-order valence-electron chi connectivity index (χ1n) is 9.14. The number of carbonyl (C=O) groups excluding carboxylic acids is 1. The van der Waals surface area contributed by atoms with Crippen molar-refractivity contribution in [2.45, 2.75) is 13.0 Å². The molecule has 9 heteroatoms. The van der Waals surface area contributed by atoms with Gasteiger partial charge in [-0.25, -0.2) is 5.43 Å². The molecule has 31 heavy (non-hydrogen) atoms. The summed E-state index contributed by atoms with van der Waals surface area (Å²) in [4.78, 5) is 22.7. The molecule has 7 nitrogen and oxygen atoms in total. The minimum absolute atomic E-state index is 0.110. The Bertz CT molecular complexity index is 1140. The van der Waals surface area contributed by atoms with Gasteiger partial charge in [-0.05, 0) is 24.3 Å². The SMILES string of the molecule is O=C(Cc1ccccc1[N+](=O)[O-])N/N=C/c1ccccc1OCc1ccc(Cl)cc1Cl. The van der Waals surface area contributed by atoms with Crippen molar-refractivity contribution in [3.8, 4) is 5.75 Å². The fourth-order valence-electron chi connectivity index (χ4n) is 2.74. The molecule has 0 aromatic heterocycles. The van der Waals surface area contributed by atoms with Crippen LogP contribution >= 0.6 is 23.2 Å². The third-order valence-corrected chi connectivity index (χ3v) is 4.84. The van der Waals surface area contributed by atoms with E-state index in [2.05, 4.69) is 10.5 Å². The molecule has 0 unspecified atom stereocenters. The quantitative estimate of drug-likeness (QED) is 0.286. The number of amides is 1. The molecule has 158 valence electrons. The second-order valence-corrected chi connectivity index (χ2v) is 7.26. The molecule has 1 N–H and O–H groups in total. The van der Waals surface area contributed by atoms with Crippen molar-refractivity contribution < 1.29 is 14.5 Å². The lowest BCUT2D eigenvalue weighted by molar-refractivity contribution is -0.385. The Labute approximate surface area is 188 Å². The zero-order valence-corrected chi connectivity index (χ0v) is 17.6. The average Bonchev–Trinajstić information content (AvgIpc) is 2.74. The molecule has 0 saturated carbocycles. The summed E-state index contributed by atoms with van der Waals surface area (Å²) in [5.74, 6) is 0.0714. The van der Waals surface area contributed by atoms with Crippen LogP contribution in [0.25, 0.3) is 0 Å². The van der Waals surface area contributed by atoms with Crippen LogP contribution in [0.2, 0.25) is 10.0 Å². The van der Waals surface area contributed by atoms with Crippen molar-refractivity contribution in [3.05, 3.63) is 104 Å². The predicted octanol–water partition coefficient (Wildman–Crippen LogP) is 5.17. The summed E-state index contributed by atoms with van der Waals surface area (Å²) in [5, 5.41) is 16.0. The molecule has 0 saturated heterocycles. The van der Waals surface area contributed by atoms with Crippen LogP contribution in [0.3, 0.4) is 0 Å². The lowest BCUT2D eigenvalue weighted by Gasteiger charge is -2.10. The molecular formula is C22H17Cl2N3O4. The third-order valence-electron chi connectivity index (χ3n) is 4.25. The number of nitrogens with one attached hydrogen (secondary N) is 1. The molecular weight excluding hydrogens is 441 g/mol. The van der Waals surface area contributed by atoms with Gasteiger partial charge in [-0.3, -0.25) is 14.9 Å². The summed E-state index contributed by atoms with van der Waals surface area (Å²) in [6, 6.07) is 18.4. The molecule has 0 radical (unpaired) electrons. The van der Waals surface area contributed by atoms with Crippen molar-refractivity contribution in [2.75, 3.05) is 0 Å². The highest BCUT2D eigenvalue weighted by molar-refractivity contribution is 6.35. The Hall–Kier alpha value is -3.42. The second kappa shape index (κ2) is 10.6. The minimum Gasteiger partial charge on any atom is -0.488 e. The summed E-state index contributed by atoms with van der Waals surface area (Å²) in [7, 11) is 0. The van der Waals surface area contributed by atoms with E-state index < -0.39 is 10.8 Å².